The fourth-order valence-corrected chi connectivity index (χ4v) is 1.94. The van der Waals surface area contributed by atoms with Gasteiger partial charge in [-0.25, -0.2) is 0 Å². The Kier molecular flexibility index (Phi) is 3.22. The summed E-state index contributed by atoms with van der Waals surface area (Å²) < 4.78 is 0. The fourth-order valence-electron chi connectivity index (χ4n) is 1.94. The SMILES string of the molecule is NC(C(=O)N1CCC(O)C1)c1ccccc1. The van der Waals surface area contributed by atoms with E-state index >= 15 is 0 Å². The number of hydrogen-bond donors (Lipinski definition) is 2. The summed E-state index contributed by atoms with van der Waals surface area (Å²) in [6, 6.07) is 8.68. The van der Waals surface area contributed by atoms with Crippen molar-refractivity contribution in [3.63, 3.8) is 0 Å². The molecule has 16 heavy (non-hydrogen) atoms. The van der Waals surface area contributed by atoms with Crippen molar-refractivity contribution in [3.05, 3.63) is 35.9 Å². The molecule has 0 bridgehead atoms. The van der Waals surface area contributed by atoms with Crippen LogP contribution in [0.15, 0.2) is 30.3 Å². The zero-order valence-electron chi connectivity index (χ0n) is 9.04. The van der Waals surface area contributed by atoms with Crippen molar-refractivity contribution in [2.45, 2.75) is 18.6 Å². The van der Waals surface area contributed by atoms with Crippen molar-refractivity contribution < 1.29 is 9.90 Å². The smallest absolute Gasteiger partial charge is 0.244 e. The lowest BCUT2D eigenvalue weighted by molar-refractivity contribution is -0.132. The van der Waals surface area contributed by atoms with Gasteiger partial charge in [0, 0.05) is 13.1 Å². The van der Waals surface area contributed by atoms with Crippen molar-refractivity contribution in [1.29, 1.82) is 0 Å². The average Bonchev–Trinajstić information content (AvgIpc) is 2.75. The standard InChI is InChI=1S/C12H16N2O2/c13-11(9-4-2-1-3-5-9)12(16)14-7-6-10(15)8-14/h1-5,10-11,15H,6-8,13H2. The molecule has 0 radical (unpaired) electrons. The molecular weight excluding hydrogens is 204 g/mol. The lowest BCUT2D eigenvalue weighted by Gasteiger charge is -2.20. The molecule has 3 N–H and O–H groups in total. The second-order valence-corrected chi connectivity index (χ2v) is 4.12. The number of β-amino-alcohol motifs (C(OH)–C–C–N with tert-alkyl or cyclic N) is 1. The van der Waals surface area contributed by atoms with E-state index < -0.39 is 12.1 Å². The first kappa shape index (κ1) is 11.1. The molecule has 86 valence electrons. The summed E-state index contributed by atoms with van der Waals surface area (Å²) in [5, 5.41) is 9.37. The lowest BCUT2D eigenvalue weighted by atomic mass is 10.1. The largest absolute Gasteiger partial charge is 0.391 e. The second-order valence-electron chi connectivity index (χ2n) is 4.12. The Morgan fingerprint density at radius 3 is 2.69 bits per heavy atom. The first-order valence-electron chi connectivity index (χ1n) is 5.46. The van der Waals surface area contributed by atoms with E-state index in [1.807, 2.05) is 30.3 Å². The van der Waals surface area contributed by atoms with Crippen molar-refractivity contribution in [2.24, 2.45) is 5.73 Å². The zero-order chi connectivity index (χ0) is 11.5. The number of carbonyl (C=O) groups excluding carboxylic acids is 1. The summed E-state index contributed by atoms with van der Waals surface area (Å²) in [5.74, 6) is -0.109. The fraction of sp³-hybridized carbons (Fsp3) is 0.417. The van der Waals surface area contributed by atoms with E-state index in [0.717, 1.165) is 5.56 Å². The van der Waals surface area contributed by atoms with Gasteiger partial charge in [-0.15, -0.1) is 0 Å². The van der Waals surface area contributed by atoms with Crippen LogP contribution >= 0.6 is 0 Å². The van der Waals surface area contributed by atoms with Crippen LogP contribution in [0, 0.1) is 0 Å². The van der Waals surface area contributed by atoms with E-state index in [1.54, 1.807) is 4.90 Å². The van der Waals surface area contributed by atoms with Crippen molar-refractivity contribution in [2.75, 3.05) is 13.1 Å². The predicted molar refractivity (Wildman–Crippen MR) is 60.6 cm³/mol. The summed E-state index contributed by atoms with van der Waals surface area (Å²) in [4.78, 5) is 13.6. The summed E-state index contributed by atoms with van der Waals surface area (Å²) in [6.45, 7) is 1.000. The minimum absolute atomic E-state index is 0.109. The molecule has 2 rings (SSSR count). The number of carbonyl (C=O) groups is 1. The van der Waals surface area contributed by atoms with Crippen molar-refractivity contribution in [3.8, 4) is 0 Å². The molecule has 0 aromatic heterocycles. The summed E-state index contributed by atoms with van der Waals surface area (Å²) in [7, 11) is 0. The van der Waals surface area contributed by atoms with Gasteiger partial charge in [-0.2, -0.15) is 0 Å². The Balaban J connectivity index is 2.05. The quantitative estimate of drug-likeness (QED) is 0.752. The van der Waals surface area contributed by atoms with Gasteiger partial charge in [-0.05, 0) is 12.0 Å². The summed E-state index contributed by atoms with van der Waals surface area (Å²) >= 11 is 0. The van der Waals surface area contributed by atoms with Gasteiger partial charge in [0.15, 0.2) is 0 Å². The molecule has 0 spiro atoms. The Labute approximate surface area is 94.7 Å². The monoisotopic (exact) mass is 220 g/mol. The van der Waals surface area contributed by atoms with E-state index in [2.05, 4.69) is 0 Å². The highest BCUT2D eigenvalue weighted by Gasteiger charge is 2.28. The van der Waals surface area contributed by atoms with E-state index in [-0.39, 0.29) is 5.91 Å². The molecular formula is C12H16N2O2. The number of nitrogens with two attached hydrogens (primary N) is 1. The number of amides is 1. The van der Waals surface area contributed by atoms with Gasteiger partial charge in [0.1, 0.15) is 6.04 Å². The molecule has 4 nitrogen and oxygen atoms in total. The van der Waals surface area contributed by atoms with Crippen LogP contribution in [0.2, 0.25) is 0 Å². The molecule has 1 aromatic carbocycles. The summed E-state index contributed by atoms with van der Waals surface area (Å²) in [5.41, 5.74) is 6.70. The van der Waals surface area contributed by atoms with Crippen LogP contribution in [-0.4, -0.2) is 35.1 Å². The van der Waals surface area contributed by atoms with Crippen LogP contribution in [0.3, 0.4) is 0 Å². The maximum atomic E-state index is 12.0. The van der Waals surface area contributed by atoms with E-state index in [1.165, 1.54) is 0 Å². The number of likely N-dealkylation sites (tertiary alicyclic amines) is 1. The number of aliphatic hydroxyl groups excluding tert-OH is 1. The highest BCUT2D eigenvalue weighted by atomic mass is 16.3. The van der Waals surface area contributed by atoms with Crippen LogP contribution < -0.4 is 5.73 Å². The molecule has 2 unspecified atom stereocenters. The number of hydrogen-bond acceptors (Lipinski definition) is 3. The molecule has 1 aliphatic heterocycles. The third-order valence-electron chi connectivity index (χ3n) is 2.90. The Morgan fingerprint density at radius 2 is 2.12 bits per heavy atom. The molecule has 1 aliphatic rings. The molecule has 4 heteroatoms. The van der Waals surface area contributed by atoms with Crippen molar-refractivity contribution in [1.82, 2.24) is 4.90 Å². The molecule has 1 heterocycles. The molecule has 1 fully saturated rings. The van der Waals surface area contributed by atoms with Crippen LogP contribution in [-0.2, 0) is 4.79 Å². The molecule has 0 aliphatic carbocycles. The van der Waals surface area contributed by atoms with Gasteiger partial charge >= 0.3 is 0 Å². The highest BCUT2D eigenvalue weighted by molar-refractivity contribution is 5.83. The van der Waals surface area contributed by atoms with Crippen LogP contribution in [0.25, 0.3) is 0 Å². The third-order valence-corrected chi connectivity index (χ3v) is 2.90. The number of benzene rings is 1. The third kappa shape index (κ3) is 2.23. The minimum atomic E-state index is -0.619. The maximum absolute atomic E-state index is 12.0. The molecule has 1 saturated heterocycles. The van der Waals surface area contributed by atoms with E-state index in [4.69, 9.17) is 5.73 Å². The highest BCUT2D eigenvalue weighted by Crippen LogP contribution is 2.17. The second kappa shape index (κ2) is 4.63. The van der Waals surface area contributed by atoms with Gasteiger partial charge < -0.3 is 15.7 Å². The maximum Gasteiger partial charge on any atom is 0.244 e. The minimum Gasteiger partial charge on any atom is -0.391 e. The Hall–Kier alpha value is -1.39. The first-order valence-corrected chi connectivity index (χ1v) is 5.46. The van der Waals surface area contributed by atoms with Crippen LogP contribution in [0.4, 0.5) is 0 Å². The number of nitrogens with zero attached hydrogens (tertiary/aromatic N) is 1. The predicted octanol–water partition coefficient (Wildman–Crippen LogP) is 0.280. The number of aliphatic hydroxyl groups is 1. The normalized spacial score (nSPS) is 22.1. The molecule has 1 amide bonds. The number of rotatable bonds is 2. The van der Waals surface area contributed by atoms with Gasteiger partial charge in [-0.3, -0.25) is 4.79 Å². The molecule has 0 saturated carbocycles. The summed E-state index contributed by atoms with van der Waals surface area (Å²) in [6.07, 6.45) is 0.250. The Bertz CT molecular complexity index is 367. The molecule has 2 atom stereocenters. The first-order chi connectivity index (χ1) is 7.68. The Morgan fingerprint density at radius 1 is 1.44 bits per heavy atom. The zero-order valence-corrected chi connectivity index (χ0v) is 9.04. The average molecular weight is 220 g/mol. The van der Waals surface area contributed by atoms with E-state index in [9.17, 15) is 9.90 Å². The van der Waals surface area contributed by atoms with Crippen LogP contribution in [0.5, 0.6) is 0 Å². The van der Waals surface area contributed by atoms with Gasteiger partial charge in [0.05, 0.1) is 6.10 Å². The molecule has 1 aromatic rings. The van der Waals surface area contributed by atoms with Crippen molar-refractivity contribution >= 4 is 5.91 Å². The van der Waals surface area contributed by atoms with E-state index in [0.29, 0.717) is 19.5 Å². The van der Waals surface area contributed by atoms with Gasteiger partial charge in [-0.1, -0.05) is 30.3 Å². The van der Waals surface area contributed by atoms with Crippen LogP contribution in [0.1, 0.15) is 18.0 Å². The van der Waals surface area contributed by atoms with Gasteiger partial charge in [0.2, 0.25) is 5.91 Å². The topological polar surface area (TPSA) is 66.6 Å². The lowest BCUT2D eigenvalue weighted by Crippen LogP contribution is -2.37. The van der Waals surface area contributed by atoms with Gasteiger partial charge in [0.25, 0.3) is 0 Å².